The molecule has 1 unspecified atom stereocenters. The van der Waals surface area contributed by atoms with E-state index >= 15 is 0 Å². The Labute approximate surface area is 127 Å². The fraction of sp³-hybridized carbons (Fsp3) is 0.929. The van der Waals surface area contributed by atoms with Gasteiger partial charge in [-0.15, -0.1) is 0 Å². The molecule has 4 N–H and O–H groups in total. The molecule has 1 fully saturated rings. The van der Waals surface area contributed by atoms with Gasteiger partial charge in [0.05, 0.1) is 0 Å². The van der Waals surface area contributed by atoms with Crippen molar-refractivity contribution in [2.75, 3.05) is 19.6 Å². The monoisotopic (exact) mass is 300 g/mol. The standard InChI is InChI=1S/C13H29BN2O2.CO2/c15-13(7-2-3-9-14(17)18)8-6-12-16-10-4-1-5-11-16;2-1-3/h13,17-18H,1-12,15H2;. The van der Waals surface area contributed by atoms with Crippen LogP contribution in [0, 0.1) is 0 Å². The normalized spacial score (nSPS) is 16.5. The maximum Gasteiger partial charge on any atom is 0.451 e. The molecule has 122 valence electrons. The summed E-state index contributed by atoms with van der Waals surface area (Å²) in [6.45, 7) is 3.73. The van der Waals surface area contributed by atoms with E-state index < -0.39 is 7.12 Å². The zero-order valence-electron chi connectivity index (χ0n) is 12.9. The Hall–Kier alpha value is -0.715. The van der Waals surface area contributed by atoms with Crippen LogP contribution >= 0.6 is 0 Å². The average molecular weight is 300 g/mol. The van der Waals surface area contributed by atoms with Gasteiger partial charge in [0.25, 0.3) is 0 Å². The van der Waals surface area contributed by atoms with Crippen molar-refractivity contribution in [3.63, 3.8) is 0 Å². The average Bonchev–Trinajstić information content (AvgIpc) is 2.45. The molecule has 0 aromatic heterocycles. The maximum atomic E-state index is 8.72. The molecule has 21 heavy (non-hydrogen) atoms. The highest BCUT2D eigenvalue weighted by molar-refractivity contribution is 6.40. The summed E-state index contributed by atoms with van der Waals surface area (Å²) in [6.07, 6.45) is 9.99. The SMILES string of the molecule is NC(CCCCB(O)O)CCCN1CCCCC1.O=C=O. The largest absolute Gasteiger partial charge is 0.451 e. The molecule has 1 rings (SSSR count). The highest BCUT2D eigenvalue weighted by atomic mass is 16.4. The van der Waals surface area contributed by atoms with Gasteiger partial charge in [0, 0.05) is 6.04 Å². The molecule has 1 aliphatic rings. The molecule has 0 aromatic carbocycles. The lowest BCUT2D eigenvalue weighted by Gasteiger charge is -2.26. The van der Waals surface area contributed by atoms with Crippen LogP contribution in [0.25, 0.3) is 0 Å². The molecule has 1 heterocycles. The van der Waals surface area contributed by atoms with Crippen molar-refractivity contribution in [3.05, 3.63) is 0 Å². The number of piperidine rings is 1. The molecule has 0 bridgehead atoms. The topological polar surface area (TPSA) is 104 Å². The van der Waals surface area contributed by atoms with E-state index in [-0.39, 0.29) is 12.2 Å². The van der Waals surface area contributed by atoms with Crippen LogP contribution in [0.2, 0.25) is 6.32 Å². The number of hydrogen-bond donors (Lipinski definition) is 3. The number of carbonyl (C=O) groups excluding carboxylic acids is 2. The second kappa shape index (κ2) is 14.2. The zero-order valence-corrected chi connectivity index (χ0v) is 12.9. The van der Waals surface area contributed by atoms with Gasteiger partial charge in [-0.05, 0) is 58.1 Å². The van der Waals surface area contributed by atoms with Crippen LogP contribution in [0.3, 0.4) is 0 Å². The number of nitrogens with zero attached hydrogens (tertiary/aromatic N) is 1. The molecule has 7 heteroatoms. The summed E-state index contributed by atoms with van der Waals surface area (Å²) in [5.41, 5.74) is 6.06. The Kier molecular flexibility index (Phi) is 13.7. The minimum Gasteiger partial charge on any atom is -0.427 e. The first kappa shape index (κ1) is 20.3. The predicted octanol–water partition coefficient (Wildman–Crippen LogP) is 0.639. The van der Waals surface area contributed by atoms with Crippen LogP contribution in [0.5, 0.6) is 0 Å². The van der Waals surface area contributed by atoms with E-state index in [0.717, 1.165) is 25.7 Å². The Morgan fingerprint density at radius 3 is 2.19 bits per heavy atom. The van der Waals surface area contributed by atoms with E-state index in [1.807, 2.05) is 0 Å². The van der Waals surface area contributed by atoms with E-state index in [0.29, 0.717) is 6.32 Å². The smallest absolute Gasteiger partial charge is 0.427 e. The molecule has 0 saturated carbocycles. The molecule has 1 atom stereocenters. The molecule has 1 aliphatic heterocycles. The van der Waals surface area contributed by atoms with E-state index in [2.05, 4.69) is 4.90 Å². The summed E-state index contributed by atoms with van der Waals surface area (Å²) in [4.78, 5) is 18.8. The van der Waals surface area contributed by atoms with Crippen molar-refractivity contribution in [1.82, 2.24) is 4.90 Å². The summed E-state index contributed by atoms with van der Waals surface area (Å²) in [5, 5.41) is 17.4. The van der Waals surface area contributed by atoms with Gasteiger partial charge in [0.1, 0.15) is 0 Å². The van der Waals surface area contributed by atoms with Crippen LogP contribution in [0.1, 0.15) is 51.4 Å². The maximum absolute atomic E-state index is 8.72. The second-order valence-corrected chi connectivity index (χ2v) is 5.65. The molecule has 0 aromatic rings. The summed E-state index contributed by atoms with van der Waals surface area (Å²) in [5.74, 6) is 0. The van der Waals surface area contributed by atoms with E-state index in [1.54, 1.807) is 0 Å². The number of nitrogens with two attached hydrogens (primary N) is 1. The van der Waals surface area contributed by atoms with Gasteiger partial charge in [-0.3, -0.25) is 0 Å². The molecule has 6 nitrogen and oxygen atoms in total. The van der Waals surface area contributed by atoms with Gasteiger partial charge < -0.3 is 20.7 Å². The van der Waals surface area contributed by atoms with Gasteiger partial charge in [0.15, 0.2) is 0 Å². The Balaban J connectivity index is 0.00000122. The number of rotatable bonds is 9. The molecule has 0 spiro atoms. The third-order valence-corrected chi connectivity index (χ3v) is 3.79. The number of hydrogen-bond acceptors (Lipinski definition) is 6. The van der Waals surface area contributed by atoms with Crippen molar-refractivity contribution in [2.24, 2.45) is 5.73 Å². The van der Waals surface area contributed by atoms with Crippen LogP contribution in [0.4, 0.5) is 0 Å². The summed E-state index contributed by atoms with van der Waals surface area (Å²) < 4.78 is 0. The third-order valence-electron chi connectivity index (χ3n) is 3.79. The fourth-order valence-corrected chi connectivity index (χ4v) is 2.64. The first-order chi connectivity index (χ1) is 10.1. The van der Waals surface area contributed by atoms with Gasteiger partial charge in [0.2, 0.25) is 0 Å². The summed E-state index contributed by atoms with van der Waals surface area (Å²) >= 11 is 0. The Bertz CT molecular complexity index is 268. The lowest BCUT2D eigenvalue weighted by molar-refractivity contribution is -0.191. The predicted molar refractivity (Wildman–Crippen MR) is 81.4 cm³/mol. The Morgan fingerprint density at radius 1 is 1.05 bits per heavy atom. The van der Waals surface area contributed by atoms with Crippen LogP contribution in [-0.2, 0) is 9.59 Å². The molecule has 0 radical (unpaired) electrons. The quantitative estimate of drug-likeness (QED) is 0.426. The molecule has 1 saturated heterocycles. The van der Waals surface area contributed by atoms with Crippen LogP contribution < -0.4 is 5.73 Å². The molecular formula is C14H29BN2O4. The summed E-state index contributed by atoms with van der Waals surface area (Å²) in [6, 6.07) is 0.283. The van der Waals surface area contributed by atoms with E-state index in [9.17, 15) is 0 Å². The number of likely N-dealkylation sites (tertiary alicyclic amines) is 1. The highest BCUT2D eigenvalue weighted by Crippen LogP contribution is 2.11. The zero-order chi connectivity index (χ0) is 15.9. The minimum atomic E-state index is -1.15. The first-order valence-corrected chi connectivity index (χ1v) is 7.93. The fourth-order valence-electron chi connectivity index (χ4n) is 2.64. The molecular weight excluding hydrogens is 271 g/mol. The van der Waals surface area contributed by atoms with Crippen molar-refractivity contribution < 1.29 is 19.6 Å². The van der Waals surface area contributed by atoms with E-state index in [1.165, 1.54) is 45.3 Å². The lowest BCUT2D eigenvalue weighted by Crippen LogP contribution is -2.31. The van der Waals surface area contributed by atoms with E-state index in [4.69, 9.17) is 25.4 Å². The van der Waals surface area contributed by atoms with Crippen molar-refractivity contribution in [1.29, 1.82) is 0 Å². The van der Waals surface area contributed by atoms with Crippen molar-refractivity contribution >= 4 is 13.3 Å². The van der Waals surface area contributed by atoms with Gasteiger partial charge in [-0.25, -0.2) is 0 Å². The summed E-state index contributed by atoms with van der Waals surface area (Å²) in [7, 11) is -1.15. The van der Waals surface area contributed by atoms with Gasteiger partial charge >= 0.3 is 13.3 Å². The third kappa shape index (κ3) is 14.0. The van der Waals surface area contributed by atoms with Crippen molar-refractivity contribution in [3.8, 4) is 0 Å². The second-order valence-electron chi connectivity index (χ2n) is 5.65. The minimum absolute atomic E-state index is 0.250. The first-order valence-electron chi connectivity index (χ1n) is 7.93. The van der Waals surface area contributed by atoms with Crippen LogP contribution in [0.15, 0.2) is 0 Å². The molecule has 0 amide bonds. The van der Waals surface area contributed by atoms with Gasteiger partial charge in [-0.1, -0.05) is 19.3 Å². The molecule has 0 aliphatic carbocycles. The highest BCUT2D eigenvalue weighted by Gasteiger charge is 2.11. The van der Waals surface area contributed by atoms with Crippen molar-refractivity contribution in [2.45, 2.75) is 63.7 Å². The Morgan fingerprint density at radius 2 is 1.62 bits per heavy atom. The lowest BCUT2D eigenvalue weighted by atomic mass is 9.83. The van der Waals surface area contributed by atoms with Crippen LogP contribution in [-0.4, -0.2) is 53.9 Å². The number of unbranched alkanes of at least 4 members (excludes halogenated alkanes) is 1. The van der Waals surface area contributed by atoms with Gasteiger partial charge in [-0.2, -0.15) is 9.59 Å².